The monoisotopic (exact) mass is 457 g/mol. The number of nitrogens with one attached hydrogen (secondary N) is 2. The Bertz CT molecular complexity index is 1200. The quantitative estimate of drug-likeness (QED) is 0.329. The molecule has 3 aromatic rings. The molecular weight excluding hydrogens is 434 g/mol. The average molecular weight is 458 g/mol. The van der Waals surface area contributed by atoms with Gasteiger partial charge in [0, 0.05) is 4.88 Å². The van der Waals surface area contributed by atoms with Crippen molar-refractivity contribution in [3.05, 3.63) is 50.6 Å². The zero-order chi connectivity index (χ0) is 22.0. The lowest BCUT2D eigenvalue weighted by atomic mass is 9.88. The second kappa shape index (κ2) is 9.23. The molecule has 0 aliphatic heterocycles. The standard InChI is InChI=1S/C22H23N3O4S2/c1-3-29-21(28)18-14-9-8-12(2)10-16(14)31-20(18)24-17(26)11-30-22-23-15-7-5-4-6-13(15)19(27)25-22/h4-7,12H,3,8-11H2,1-2H3,(H,24,26)(H,23,25,27)/t12-/m0/s1. The molecule has 1 aliphatic rings. The van der Waals surface area contributed by atoms with E-state index in [9.17, 15) is 14.4 Å². The molecule has 9 heteroatoms. The van der Waals surface area contributed by atoms with Gasteiger partial charge < -0.3 is 15.0 Å². The highest BCUT2D eigenvalue weighted by Gasteiger charge is 2.29. The van der Waals surface area contributed by atoms with Gasteiger partial charge in [0.2, 0.25) is 5.91 Å². The van der Waals surface area contributed by atoms with E-state index in [1.54, 1.807) is 25.1 Å². The zero-order valence-electron chi connectivity index (χ0n) is 17.3. The molecule has 2 N–H and O–H groups in total. The summed E-state index contributed by atoms with van der Waals surface area (Å²) in [5.41, 5.74) is 1.84. The van der Waals surface area contributed by atoms with E-state index in [0.29, 0.717) is 32.5 Å². The second-order valence-electron chi connectivity index (χ2n) is 7.50. The van der Waals surface area contributed by atoms with Crippen LogP contribution >= 0.6 is 23.1 Å². The number of anilines is 1. The number of hydrogen-bond acceptors (Lipinski definition) is 7. The van der Waals surface area contributed by atoms with Gasteiger partial charge in [-0.25, -0.2) is 9.78 Å². The van der Waals surface area contributed by atoms with E-state index in [0.717, 1.165) is 41.5 Å². The molecule has 1 amide bonds. The Morgan fingerprint density at radius 1 is 1.35 bits per heavy atom. The van der Waals surface area contributed by atoms with Crippen molar-refractivity contribution in [2.75, 3.05) is 17.7 Å². The molecule has 4 rings (SSSR count). The van der Waals surface area contributed by atoms with Crippen molar-refractivity contribution in [2.45, 2.75) is 38.3 Å². The van der Waals surface area contributed by atoms with Crippen LogP contribution in [0, 0.1) is 5.92 Å². The summed E-state index contributed by atoms with van der Waals surface area (Å²) >= 11 is 2.61. The third-order valence-electron chi connectivity index (χ3n) is 5.18. The van der Waals surface area contributed by atoms with Crippen molar-refractivity contribution in [1.82, 2.24) is 9.97 Å². The number of carbonyl (C=O) groups excluding carboxylic acids is 2. The predicted molar refractivity (Wildman–Crippen MR) is 123 cm³/mol. The minimum absolute atomic E-state index is 0.0581. The van der Waals surface area contributed by atoms with Gasteiger partial charge in [-0.05, 0) is 49.8 Å². The fourth-order valence-electron chi connectivity index (χ4n) is 3.69. The number of aromatic amines is 1. The second-order valence-corrected chi connectivity index (χ2v) is 9.57. The molecule has 1 aromatic carbocycles. The molecule has 0 unspecified atom stereocenters. The van der Waals surface area contributed by atoms with Crippen molar-refractivity contribution < 1.29 is 14.3 Å². The predicted octanol–water partition coefficient (Wildman–Crippen LogP) is 4.02. The van der Waals surface area contributed by atoms with E-state index in [1.165, 1.54) is 11.3 Å². The largest absolute Gasteiger partial charge is 0.462 e. The first-order valence-corrected chi connectivity index (χ1v) is 12.0. The first-order valence-electron chi connectivity index (χ1n) is 10.2. The number of rotatable bonds is 6. The summed E-state index contributed by atoms with van der Waals surface area (Å²) in [6.07, 6.45) is 2.73. The maximum absolute atomic E-state index is 12.6. The van der Waals surface area contributed by atoms with E-state index < -0.39 is 5.97 Å². The van der Waals surface area contributed by atoms with Gasteiger partial charge in [0.1, 0.15) is 5.00 Å². The molecule has 2 aromatic heterocycles. The molecule has 1 aliphatic carbocycles. The van der Waals surface area contributed by atoms with Gasteiger partial charge in [-0.2, -0.15) is 0 Å². The SMILES string of the molecule is CCOC(=O)c1c(NC(=O)CSc2nc3ccccc3c(=O)[nH]2)sc2c1CC[C@H](C)C2. The van der Waals surface area contributed by atoms with Crippen LogP contribution < -0.4 is 10.9 Å². The summed E-state index contributed by atoms with van der Waals surface area (Å²) in [5.74, 6) is -0.0465. The number of fused-ring (bicyclic) bond motifs is 2. The van der Waals surface area contributed by atoms with Gasteiger partial charge in [0.25, 0.3) is 5.56 Å². The van der Waals surface area contributed by atoms with Crippen LogP contribution in [-0.2, 0) is 22.4 Å². The smallest absolute Gasteiger partial charge is 0.341 e. The van der Waals surface area contributed by atoms with Crippen molar-refractivity contribution in [2.24, 2.45) is 5.92 Å². The van der Waals surface area contributed by atoms with Crippen LogP contribution in [0.2, 0.25) is 0 Å². The first-order chi connectivity index (χ1) is 15.0. The summed E-state index contributed by atoms with van der Waals surface area (Å²) in [6, 6.07) is 7.06. The molecule has 0 spiro atoms. The topological polar surface area (TPSA) is 101 Å². The molecule has 31 heavy (non-hydrogen) atoms. The van der Waals surface area contributed by atoms with E-state index in [1.807, 2.05) is 6.07 Å². The molecule has 0 bridgehead atoms. The van der Waals surface area contributed by atoms with Crippen LogP contribution in [0.5, 0.6) is 0 Å². The Kier molecular flexibility index (Phi) is 6.43. The van der Waals surface area contributed by atoms with Crippen LogP contribution in [0.15, 0.2) is 34.2 Å². The number of thioether (sulfide) groups is 1. The van der Waals surface area contributed by atoms with E-state index in [2.05, 4.69) is 22.2 Å². The Labute approximate surface area is 187 Å². The number of hydrogen-bond donors (Lipinski definition) is 2. The molecule has 0 saturated carbocycles. The Hall–Kier alpha value is -2.65. The van der Waals surface area contributed by atoms with Crippen molar-refractivity contribution in [3.63, 3.8) is 0 Å². The molecule has 0 radical (unpaired) electrons. The highest BCUT2D eigenvalue weighted by molar-refractivity contribution is 7.99. The van der Waals surface area contributed by atoms with Crippen LogP contribution in [-0.4, -0.2) is 34.2 Å². The number of esters is 1. The first kappa shape index (κ1) is 21.6. The number of aromatic nitrogens is 2. The van der Waals surface area contributed by atoms with Gasteiger partial charge >= 0.3 is 5.97 Å². The van der Waals surface area contributed by atoms with E-state index in [-0.39, 0.29) is 23.8 Å². The van der Waals surface area contributed by atoms with Crippen LogP contribution in [0.25, 0.3) is 10.9 Å². The number of para-hydroxylation sites is 1. The molecule has 0 fully saturated rings. The van der Waals surface area contributed by atoms with Gasteiger partial charge in [-0.1, -0.05) is 30.8 Å². The summed E-state index contributed by atoms with van der Waals surface area (Å²) < 4.78 is 5.25. The van der Waals surface area contributed by atoms with Crippen LogP contribution in [0.1, 0.15) is 41.1 Å². The minimum atomic E-state index is -0.391. The van der Waals surface area contributed by atoms with Crippen molar-refractivity contribution in [3.8, 4) is 0 Å². The maximum atomic E-state index is 12.6. The summed E-state index contributed by atoms with van der Waals surface area (Å²) in [7, 11) is 0. The fourth-order valence-corrected chi connectivity index (χ4v) is 5.77. The van der Waals surface area contributed by atoms with Crippen LogP contribution in [0.3, 0.4) is 0 Å². The van der Waals surface area contributed by atoms with E-state index >= 15 is 0 Å². The minimum Gasteiger partial charge on any atom is -0.462 e. The number of H-pyrrole nitrogens is 1. The number of nitrogens with zero attached hydrogens (tertiary/aromatic N) is 1. The van der Waals surface area contributed by atoms with E-state index in [4.69, 9.17) is 4.74 Å². The van der Waals surface area contributed by atoms with Gasteiger partial charge in [-0.15, -0.1) is 11.3 Å². The molecule has 2 heterocycles. The summed E-state index contributed by atoms with van der Waals surface area (Å²) in [5, 5.41) is 4.31. The Morgan fingerprint density at radius 2 is 2.16 bits per heavy atom. The molecule has 162 valence electrons. The van der Waals surface area contributed by atoms with Gasteiger partial charge in [-0.3, -0.25) is 9.59 Å². The Morgan fingerprint density at radius 3 is 2.97 bits per heavy atom. The lowest BCUT2D eigenvalue weighted by Crippen LogP contribution is -2.18. The lowest BCUT2D eigenvalue weighted by molar-refractivity contribution is -0.113. The average Bonchev–Trinajstić information content (AvgIpc) is 3.09. The third-order valence-corrected chi connectivity index (χ3v) is 7.22. The highest BCUT2D eigenvalue weighted by atomic mass is 32.2. The number of benzene rings is 1. The Balaban J connectivity index is 1.51. The van der Waals surface area contributed by atoms with Gasteiger partial charge in [0.05, 0.1) is 28.8 Å². The fraction of sp³-hybridized carbons (Fsp3) is 0.364. The molecule has 7 nitrogen and oxygen atoms in total. The number of thiophene rings is 1. The normalized spacial score (nSPS) is 15.5. The number of ether oxygens (including phenoxy) is 1. The van der Waals surface area contributed by atoms with Crippen molar-refractivity contribution >= 4 is 50.9 Å². The molecule has 1 atom stereocenters. The lowest BCUT2D eigenvalue weighted by Gasteiger charge is -2.18. The third kappa shape index (κ3) is 4.67. The number of carbonyl (C=O) groups is 2. The maximum Gasteiger partial charge on any atom is 0.341 e. The summed E-state index contributed by atoms with van der Waals surface area (Å²) in [6.45, 7) is 4.24. The summed E-state index contributed by atoms with van der Waals surface area (Å²) in [4.78, 5) is 45.7. The van der Waals surface area contributed by atoms with Crippen LogP contribution in [0.4, 0.5) is 5.00 Å². The zero-order valence-corrected chi connectivity index (χ0v) is 19.0. The molecular formula is C22H23N3O4S2. The highest BCUT2D eigenvalue weighted by Crippen LogP contribution is 2.40. The van der Waals surface area contributed by atoms with Gasteiger partial charge in [0.15, 0.2) is 5.16 Å². The number of amides is 1. The molecule has 0 saturated heterocycles. The van der Waals surface area contributed by atoms with Crippen molar-refractivity contribution in [1.29, 1.82) is 0 Å².